The van der Waals surface area contributed by atoms with E-state index in [1.165, 1.54) is 6.07 Å². The molecule has 0 aliphatic carbocycles. The molecule has 1 fully saturated rings. The second-order valence-corrected chi connectivity index (χ2v) is 5.82. The number of hydrogen-bond acceptors (Lipinski definition) is 3. The van der Waals surface area contributed by atoms with Gasteiger partial charge in [-0.05, 0) is 44.0 Å². The number of nitrogens with zero attached hydrogens (tertiary/aromatic N) is 2. The molecule has 1 atom stereocenters. The summed E-state index contributed by atoms with van der Waals surface area (Å²) in [6.45, 7) is 2.21. The zero-order valence-corrected chi connectivity index (χ0v) is 13.0. The van der Waals surface area contributed by atoms with Gasteiger partial charge in [-0.15, -0.1) is 0 Å². The monoisotopic (exact) mass is 327 g/mol. The maximum atomic E-state index is 12.9. The van der Waals surface area contributed by atoms with Crippen molar-refractivity contribution >= 4 is 11.0 Å². The first-order chi connectivity index (χ1) is 11.0. The van der Waals surface area contributed by atoms with E-state index in [9.17, 15) is 13.2 Å². The van der Waals surface area contributed by atoms with Gasteiger partial charge >= 0.3 is 6.18 Å². The maximum Gasteiger partial charge on any atom is 0.416 e. The lowest BCUT2D eigenvalue weighted by atomic mass is 10.2. The van der Waals surface area contributed by atoms with Crippen LogP contribution in [0.15, 0.2) is 18.2 Å². The Bertz CT molecular complexity index is 675. The summed E-state index contributed by atoms with van der Waals surface area (Å²) in [6, 6.07) is 3.90. The zero-order valence-electron chi connectivity index (χ0n) is 13.0. The number of aromatic nitrogens is 2. The molecule has 23 heavy (non-hydrogen) atoms. The fourth-order valence-corrected chi connectivity index (χ4v) is 3.10. The van der Waals surface area contributed by atoms with Gasteiger partial charge < -0.3 is 14.6 Å². The van der Waals surface area contributed by atoms with Crippen LogP contribution in [0.5, 0.6) is 0 Å². The molecule has 7 heteroatoms. The van der Waals surface area contributed by atoms with Crippen LogP contribution in [-0.4, -0.2) is 29.8 Å². The summed E-state index contributed by atoms with van der Waals surface area (Å²) in [4.78, 5) is 4.51. The summed E-state index contributed by atoms with van der Waals surface area (Å²) >= 11 is 0. The van der Waals surface area contributed by atoms with Crippen molar-refractivity contribution in [2.24, 2.45) is 0 Å². The van der Waals surface area contributed by atoms with Gasteiger partial charge in [0.1, 0.15) is 5.82 Å². The molecule has 1 N–H and O–H groups in total. The average molecular weight is 327 g/mol. The largest absolute Gasteiger partial charge is 0.416 e. The number of imidazole rings is 1. The van der Waals surface area contributed by atoms with Crippen molar-refractivity contribution < 1.29 is 17.9 Å². The fraction of sp³-hybridized carbons (Fsp3) is 0.562. The summed E-state index contributed by atoms with van der Waals surface area (Å²) in [5.41, 5.74) is 0.496. The number of ether oxygens (including phenoxy) is 1. The molecule has 3 rings (SSSR count). The van der Waals surface area contributed by atoms with Crippen LogP contribution in [-0.2, 0) is 17.5 Å². The van der Waals surface area contributed by atoms with E-state index in [0.717, 1.165) is 49.3 Å². The Morgan fingerprint density at radius 3 is 2.87 bits per heavy atom. The lowest BCUT2D eigenvalue weighted by molar-refractivity contribution is -0.137. The first-order valence-electron chi connectivity index (χ1n) is 7.80. The predicted molar refractivity (Wildman–Crippen MR) is 81.2 cm³/mol. The smallest absolute Gasteiger partial charge is 0.385 e. The molecule has 1 unspecified atom stereocenters. The normalized spacial score (nSPS) is 18.9. The highest BCUT2D eigenvalue weighted by Crippen LogP contribution is 2.33. The Kier molecular flexibility index (Phi) is 4.59. The van der Waals surface area contributed by atoms with Gasteiger partial charge in [0.05, 0.1) is 22.6 Å². The van der Waals surface area contributed by atoms with Gasteiger partial charge in [-0.1, -0.05) is 0 Å². The molecule has 0 amide bonds. The lowest BCUT2D eigenvalue weighted by Gasteiger charge is -2.14. The van der Waals surface area contributed by atoms with E-state index in [2.05, 4.69) is 10.3 Å². The second-order valence-electron chi connectivity index (χ2n) is 5.82. The molecule has 2 heterocycles. The van der Waals surface area contributed by atoms with Gasteiger partial charge in [-0.2, -0.15) is 13.2 Å². The third kappa shape index (κ3) is 3.35. The SMILES string of the molecule is COCCCn1c(C2CCCN2)nc2cc(C(F)(F)F)ccc21. The Morgan fingerprint density at radius 2 is 2.22 bits per heavy atom. The second kappa shape index (κ2) is 6.49. The van der Waals surface area contributed by atoms with Gasteiger partial charge in [0.15, 0.2) is 0 Å². The van der Waals surface area contributed by atoms with Crippen LogP contribution in [0.3, 0.4) is 0 Å². The van der Waals surface area contributed by atoms with E-state index in [4.69, 9.17) is 4.74 Å². The molecule has 0 spiro atoms. The molecule has 126 valence electrons. The quantitative estimate of drug-likeness (QED) is 0.854. The molecule has 4 nitrogen and oxygen atoms in total. The van der Waals surface area contributed by atoms with Crippen LogP contribution in [0.1, 0.15) is 36.7 Å². The molecule has 1 saturated heterocycles. The molecule has 0 radical (unpaired) electrons. The van der Waals surface area contributed by atoms with E-state index in [1.54, 1.807) is 7.11 Å². The highest BCUT2D eigenvalue weighted by molar-refractivity contribution is 5.77. The number of halogens is 3. The third-order valence-electron chi connectivity index (χ3n) is 4.21. The Balaban J connectivity index is 2.02. The van der Waals surface area contributed by atoms with E-state index in [0.29, 0.717) is 18.7 Å². The van der Waals surface area contributed by atoms with E-state index in [-0.39, 0.29) is 6.04 Å². The van der Waals surface area contributed by atoms with Crippen molar-refractivity contribution in [3.63, 3.8) is 0 Å². The highest BCUT2D eigenvalue weighted by Gasteiger charge is 2.31. The Hall–Kier alpha value is -1.60. The van der Waals surface area contributed by atoms with Crippen molar-refractivity contribution in [2.75, 3.05) is 20.3 Å². The molecule has 2 aromatic rings. The highest BCUT2D eigenvalue weighted by atomic mass is 19.4. The molecule has 0 saturated carbocycles. The third-order valence-corrected chi connectivity index (χ3v) is 4.21. The Morgan fingerprint density at radius 1 is 1.39 bits per heavy atom. The first kappa shape index (κ1) is 16.3. The summed E-state index contributed by atoms with van der Waals surface area (Å²) in [6.07, 6.45) is -1.54. The van der Waals surface area contributed by atoms with Crippen LogP contribution in [0.2, 0.25) is 0 Å². The summed E-state index contributed by atoms with van der Waals surface area (Å²) in [5, 5.41) is 3.37. The number of methoxy groups -OCH3 is 1. The summed E-state index contributed by atoms with van der Waals surface area (Å²) < 4.78 is 45.8. The van der Waals surface area contributed by atoms with Crippen molar-refractivity contribution in [1.82, 2.24) is 14.9 Å². The molecule has 0 bridgehead atoms. The number of fused-ring (bicyclic) bond motifs is 1. The number of alkyl halides is 3. The van der Waals surface area contributed by atoms with Gasteiger partial charge in [0.2, 0.25) is 0 Å². The minimum atomic E-state index is -4.35. The molecular formula is C16H20F3N3O. The van der Waals surface area contributed by atoms with Crippen LogP contribution >= 0.6 is 0 Å². The maximum absolute atomic E-state index is 12.9. The molecule has 1 aliphatic heterocycles. The number of nitrogens with one attached hydrogen (secondary N) is 1. The zero-order chi connectivity index (χ0) is 16.4. The van der Waals surface area contributed by atoms with Crippen LogP contribution in [0, 0.1) is 0 Å². The standard InChI is InChI=1S/C16H20F3N3O/c1-23-9-3-8-22-14-6-5-11(16(17,18)19)10-13(14)21-15(22)12-4-2-7-20-12/h5-6,10,12,20H,2-4,7-9H2,1H3. The number of hydrogen-bond donors (Lipinski definition) is 1. The van der Waals surface area contributed by atoms with Gasteiger partial charge in [0.25, 0.3) is 0 Å². The molecular weight excluding hydrogens is 307 g/mol. The molecule has 1 aromatic heterocycles. The molecule has 1 aliphatic rings. The Labute approximate surface area is 132 Å². The van der Waals surface area contributed by atoms with E-state index >= 15 is 0 Å². The van der Waals surface area contributed by atoms with Gasteiger partial charge in [-0.3, -0.25) is 0 Å². The first-order valence-corrected chi connectivity index (χ1v) is 7.80. The summed E-state index contributed by atoms with van der Waals surface area (Å²) in [5.74, 6) is 0.827. The number of benzene rings is 1. The topological polar surface area (TPSA) is 39.1 Å². The van der Waals surface area contributed by atoms with Crippen LogP contribution in [0.25, 0.3) is 11.0 Å². The minimum Gasteiger partial charge on any atom is -0.385 e. The van der Waals surface area contributed by atoms with Gasteiger partial charge in [-0.25, -0.2) is 4.98 Å². The van der Waals surface area contributed by atoms with E-state index in [1.807, 2.05) is 4.57 Å². The fourth-order valence-electron chi connectivity index (χ4n) is 3.10. The van der Waals surface area contributed by atoms with Crippen molar-refractivity contribution in [1.29, 1.82) is 0 Å². The average Bonchev–Trinajstić information content (AvgIpc) is 3.13. The summed E-state index contributed by atoms with van der Waals surface area (Å²) in [7, 11) is 1.64. The van der Waals surface area contributed by atoms with E-state index < -0.39 is 11.7 Å². The van der Waals surface area contributed by atoms with Gasteiger partial charge in [0, 0.05) is 20.3 Å². The van der Waals surface area contributed by atoms with Crippen molar-refractivity contribution in [3.05, 3.63) is 29.6 Å². The van der Waals surface area contributed by atoms with Crippen molar-refractivity contribution in [3.8, 4) is 0 Å². The molecule has 1 aromatic carbocycles. The predicted octanol–water partition coefficient (Wildman–Crippen LogP) is 3.52. The van der Waals surface area contributed by atoms with Crippen LogP contribution in [0.4, 0.5) is 13.2 Å². The lowest BCUT2D eigenvalue weighted by Crippen LogP contribution is -2.18. The minimum absolute atomic E-state index is 0.110. The number of aryl methyl sites for hydroxylation is 1. The van der Waals surface area contributed by atoms with Crippen LogP contribution < -0.4 is 5.32 Å². The van der Waals surface area contributed by atoms with Crippen molar-refractivity contribution in [2.45, 2.75) is 38.0 Å². The number of rotatable bonds is 5.